The summed E-state index contributed by atoms with van der Waals surface area (Å²) < 4.78 is 16.8. The number of oxime groups is 1. The molecule has 2 bridgehead atoms. The fourth-order valence-corrected chi connectivity index (χ4v) is 3.94. The van der Waals surface area contributed by atoms with Gasteiger partial charge in [0.2, 0.25) is 5.91 Å². The van der Waals surface area contributed by atoms with Crippen LogP contribution in [-0.4, -0.2) is 49.5 Å². The van der Waals surface area contributed by atoms with Crippen molar-refractivity contribution in [2.75, 3.05) is 13.7 Å². The van der Waals surface area contributed by atoms with Crippen molar-refractivity contribution in [1.29, 1.82) is 0 Å². The SMILES string of the molecule is COc1ccc(C2=NO[C@H]3[C@H]2/C(=N\NC(=O)Cc2ccccc2)[C@H]2OC[C@H]3O2)cc1. The van der Waals surface area contributed by atoms with Crippen molar-refractivity contribution in [3.05, 3.63) is 65.7 Å². The number of hydrazone groups is 1. The van der Waals surface area contributed by atoms with Gasteiger partial charge in [-0.05, 0) is 29.8 Å². The number of rotatable bonds is 5. The van der Waals surface area contributed by atoms with Crippen LogP contribution in [0.4, 0.5) is 0 Å². The molecule has 2 fully saturated rings. The van der Waals surface area contributed by atoms with Gasteiger partial charge in [-0.2, -0.15) is 5.10 Å². The lowest BCUT2D eigenvalue weighted by Crippen LogP contribution is -2.49. The zero-order chi connectivity index (χ0) is 20.5. The fraction of sp³-hybridized carbons (Fsp3) is 0.318. The van der Waals surface area contributed by atoms with E-state index in [0.29, 0.717) is 12.3 Å². The molecular weight excluding hydrogens is 386 g/mol. The van der Waals surface area contributed by atoms with E-state index >= 15 is 0 Å². The quantitative estimate of drug-likeness (QED) is 0.765. The number of hydrogen-bond donors (Lipinski definition) is 1. The van der Waals surface area contributed by atoms with E-state index in [-0.39, 0.29) is 30.5 Å². The molecule has 4 atom stereocenters. The van der Waals surface area contributed by atoms with Crippen LogP contribution in [0.15, 0.2) is 64.9 Å². The first kappa shape index (κ1) is 18.8. The minimum Gasteiger partial charge on any atom is -0.497 e. The van der Waals surface area contributed by atoms with E-state index in [0.717, 1.165) is 22.6 Å². The van der Waals surface area contributed by atoms with Gasteiger partial charge in [-0.1, -0.05) is 35.5 Å². The molecule has 8 nitrogen and oxygen atoms in total. The summed E-state index contributed by atoms with van der Waals surface area (Å²) in [5.74, 6) is 0.279. The number of nitrogens with one attached hydrogen (secondary N) is 1. The van der Waals surface area contributed by atoms with Crippen molar-refractivity contribution >= 4 is 17.3 Å². The van der Waals surface area contributed by atoms with Crippen LogP contribution in [0.3, 0.4) is 0 Å². The highest BCUT2D eigenvalue weighted by molar-refractivity contribution is 6.17. The predicted octanol–water partition coefficient (Wildman–Crippen LogP) is 1.88. The highest BCUT2D eigenvalue weighted by Crippen LogP contribution is 2.38. The second kappa shape index (κ2) is 7.89. The van der Waals surface area contributed by atoms with Crippen molar-refractivity contribution in [3.8, 4) is 5.75 Å². The molecule has 2 saturated heterocycles. The highest BCUT2D eigenvalue weighted by Gasteiger charge is 2.55. The Bertz CT molecular complexity index is 990. The maximum absolute atomic E-state index is 12.4. The summed E-state index contributed by atoms with van der Waals surface area (Å²) in [6.07, 6.45) is -0.959. The number of nitrogens with zero attached hydrogens (tertiary/aromatic N) is 2. The lowest BCUT2D eigenvalue weighted by atomic mass is 9.84. The van der Waals surface area contributed by atoms with Crippen LogP contribution in [0.1, 0.15) is 11.1 Å². The summed E-state index contributed by atoms with van der Waals surface area (Å²) in [6, 6.07) is 17.1. The lowest BCUT2D eigenvalue weighted by molar-refractivity contribution is -0.120. The largest absolute Gasteiger partial charge is 0.497 e. The number of benzene rings is 2. The molecular formula is C22H21N3O5. The number of methoxy groups -OCH3 is 1. The van der Waals surface area contributed by atoms with Crippen LogP contribution in [0.5, 0.6) is 5.75 Å². The smallest absolute Gasteiger partial charge is 0.244 e. The van der Waals surface area contributed by atoms with Gasteiger partial charge in [0.25, 0.3) is 0 Å². The Morgan fingerprint density at radius 1 is 1.20 bits per heavy atom. The van der Waals surface area contributed by atoms with Crippen LogP contribution in [0.25, 0.3) is 0 Å². The van der Waals surface area contributed by atoms with Gasteiger partial charge in [-0.3, -0.25) is 4.79 Å². The van der Waals surface area contributed by atoms with Gasteiger partial charge in [-0.25, -0.2) is 5.43 Å². The number of hydrogen-bond acceptors (Lipinski definition) is 7. The summed E-state index contributed by atoms with van der Waals surface area (Å²) in [4.78, 5) is 18.1. The second-order valence-electron chi connectivity index (χ2n) is 7.33. The van der Waals surface area contributed by atoms with Crippen molar-refractivity contribution in [2.24, 2.45) is 16.2 Å². The van der Waals surface area contributed by atoms with E-state index in [1.54, 1.807) is 7.11 Å². The monoisotopic (exact) mass is 407 g/mol. The summed E-state index contributed by atoms with van der Waals surface area (Å²) in [6.45, 7) is 0.397. The molecule has 2 aromatic carbocycles. The van der Waals surface area contributed by atoms with Crippen LogP contribution in [0.2, 0.25) is 0 Å². The molecule has 30 heavy (non-hydrogen) atoms. The van der Waals surface area contributed by atoms with Crippen molar-refractivity contribution in [2.45, 2.75) is 24.9 Å². The molecule has 0 unspecified atom stereocenters. The Balaban J connectivity index is 1.39. The van der Waals surface area contributed by atoms with Crippen molar-refractivity contribution < 1.29 is 23.8 Å². The third-order valence-electron chi connectivity index (χ3n) is 5.44. The maximum atomic E-state index is 12.4. The zero-order valence-corrected chi connectivity index (χ0v) is 16.4. The number of amides is 1. The van der Waals surface area contributed by atoms with Gasteiger partial charge in [-0.15, -0.1) is 0 Å². The topological polar surface area (TPSA) is 90.7 Å². The molecule has 3 aliphatic heterocycles. The summed E-state index contributed by atoms with van der Waals surface area (Å²) in [7, 11) is 1.62. The maximum Gasteiger partial charge on any atom is 0.244 e. The van der Waals surface area contributed by atoms with Crippen LogP contribution >= 0.6 is 0 Å². The van der Waals surface area contributed by atoms with Crippen molar-refractivity contribution in [1.82, 2.24) is 5.43 Å². The van der Waals surface area contributed by atoms with Gasteiger partial charge < -0.3 is 19.0 Å². The van der Waals surface area contributed by atoms with Crippen LogP contribution in [-0.2, 0) is 25.5 Å². The third-order valence-corrected chi connectivity index (χ3v) is 5.44. The van der Waals surface area contributed by atoms with Crippen LogP contribution < -0.4 is 10.2 Å². The van der Waals surface area contributed by atoms with Gasteiger partial charge in [0, 0.05) is 5.56 Å². The lowest BCUT2D eigenvalue weighted by Gasteiger charge is -2.30. The molecule has 0 aliphatic carbocycles. The molecule has 0 radical (unpaired) electrons. The summed E-state index contributed by atoms with van der Waals surface area (Å²) in [5, 5.41) is 8.71. The second-order valence-corrected chi connectivity index (χ2v) is 7.33. The molecule has 0 aromatic heterocycles. The standard InChI is InChI=1S/C22H21N3O5/c1-27-15-9-7-14(8-10-15)19-18-20(22-28-12-16(29-22)21(18)30-25-19)24-23-17(26)11-13-5-3-2-4-6-13/h2-10,16,18,21-22H,11-12H2,1H3,(H,23,26)/b24-20+/t16-,18-,21-,22+/m1/s1. The molecule has 1 N–H and O–H groups in total. The minimum absolute atomic E-state index is 0.216. The normalized spacial score (nSPS) is 27.9. The molecule has 1 amide bonds. The molecule has 3 heterocycles. The van der Waals surface area contributed by atoms with E-state index < -0.39 is 6.29 Å². The Hall–Kier alpha value is -3.23. The molecule has 0 saturated carbocycles. The van der Waals surface area contributed by atoms with Crippen molar-refractivity contribution in [3.63, 3.8) is 0 Å². The van der Waals surface area contributed by atoms with Gasteiger partial charge in [0.05, 0.1) is 31.8 Å². The molecule has 0 spiro atoms. The van der Waals surface area contributed by atoms with Gasteiger partial charge in [0.15, 0.2) is 12.4 Å². The fourth-order valence-electron chi connectivity index (χ4n) is 3.94. The molecule has 5 rings (SSSR count). The Labute approximate surface area is 173 Å². The third kappa shape index (κ3) is 3.44. The van der Waals surface area contributed by atoms with E-state index in [1.807, 2.05) is 54.6 Å². The first-order valence-electron chi connectivity index (χ1n) is 9.78. The van der Waals surface area contributed by atoms with E-state index in [4.69, 9.17) is 19.0 Å². The predicted molar refractivity (Wildman–Crippen MR) is 108 cm³/mol. The van der Waals surface area contributed by atoms with E-state index in [1.165, 1.54) is 0 Å². The molecule has 2 aromatic rings. The van der Waals surface area contributed by atoms with Crippen LogP contribution in [0, 0.1) is 5.92 Å². The average Bonchev–Trinajstić information content (AvgIpc) is 3.41. The average molecular weight is 407 g/mol. The Kier molecular flexibility index (Phi) is 4.94. The van der Waals surface area contributed by atoms with E-state index in [2.05, 4.69) is 15.7 Å². The highest BCUT2D eigenvalue weighted by atomic mass is 16.7. The number of carbonyl (C=O) groups is 1. The first-order valence-corrected chi connectivity index (χ1v) is 9.78. The molecule has 154 valence electrons. The number of fused-ring (bicyclic) bond motifs is 4. The zero-order valence-electron chi connectivity index (χ0n) is 16.4. The summed E-state index contributed by atoms with van der Waals surface area (Å²) in [5.41, 5.74) is 5.75. The summed E-state index contributed by atoms with van der Waals surface area (Å²) >= 11 is 0. The number of ether oxygens (including phenoxy) is 3. The molecule has 3 aliphatic rings. The van der Waals surface area contributed by atoms with Gasteiger partial charge >= 0.3 is 0 Å². The number of carbonyl (C=O) groups excluding carboxylic acids is 1. The Morgan fingerprint density at radius 3 is 2.77 bits per heavy atom. The van der Waals surface area contributed by atoms with Gasteiger partial charge in [0.1, 0.15) is 17.6 Å². The minimum atomic E-state index is -0.626. The van der Waals surface area contributed by atoms with E-state index in [9.17, 15) is 4.79 Å². The Morgan fingerprint density at radius 2 is 2.00 bits per heavy atom. The first-order chi connectivity index (χ1) is 14.7. The molecule has 8 heteroatoms.